The summed E-state index contributed by atoms with van der Waals surface area (Å²) >= 11 is -1.36. The van der Waals surface area contributed by atoms with Crippen LogP contribution in [0.2, 0.25) is 0 Å². The van der Waals surface area contributed by atoms with Gasteiger partial charge in [0.05, 0.1) is 73.4 Å². The summed E-state index contributed by atoms with van der Waals surface area (Å²) in [6, 6.07) is 16.1. The lowest BCUT2D eigenvalue weighted by atomic mass is 9.89. The number of rotatable bonds is 12. The summed E-state index contributed by atoms with van der Waals surface area (Å²) < 4.78 is 36.1. The Labute approximate surface area is 273 Å². The van der Waals surface area contributed by atoms with Crippen molar-refractivity contribution in [3.05, 3.63) is 72.2 Å². The van der Waals surface area contributed by atoms with Gasteiger partial charge in [0, 0.05) is 50.0 Å². The molecule has 3 aromatic heterocycles. The Balaban J connectivity index is 1.15. The van der Waals surface area contributed by atoms with E-state index in [9.17, 15) is 9.81 Å². The van der Waals surface area contributed by atoms with Gasteiger partial charge in [-0.15, -0.1) is 4.72 Å². The Bertz CT molecular complexity index is 1630. The second-order valence-corrected chi connectivity index (χ2v) is 13.1. The molecule has 0 radical (unpaired) electrons. The molecule has 0 aliphatic carbocycles. The van der Waals surface area contributed by atoms with Crippen LogP contribution in [0, 0.1) is 18.3 Å². The minimum atomic E-state index is -1.36. The summed E-state index contributed by atoms with van der Waals surface area (Å²) in [6.07, 6.45) is 6.71. The first kappa shape index (κ1) is 32.2. The van der Waals surface area contributed by atoms with E-state index in [0.717, 1.165) is 91.7 Å². The number of anilines is 1. The van der Waals surface area contributed by atoms with Crippen LogP contribution in [-0.4, -0.2) is 95.3 Å². The number of nitrogens with one attached hydrogen (secondary N) is 1. The molecule has 0 amide bonds. The van der Waals surface area contributed by atoms with Crippen molar-refractivity contribution in [3.63, 3.8) is 0 Å². The van der Waals surface area contributed by atoms with Crippen molar-refractivity contribution in [2.45, 2.75) is 37.1 Å². The van der Waals surface area contributed by atoms with Gasteiger partial charge >= 0.3 is 0 Å². The van der Waals surface area contributed by atoms with E-state index in [0.29, 0.717) is 31.1 Å². The molecule has 1 aromatic carbocycles. The summed E-state index contributed by atoms with van der Waals surface area (Å²) in [5.41, 5.74) is 3.65. The van der Waals surface area contributed by atoms with Crippen molar-refractivity contribution in [1.82, 2.24) is 24.2 Å². The number of hydrogen-bond donors (Lipinski definition) is 1. The van der Waals surface area contributed by atoms with Crippen molar-refractivity contribution in [1.29, 1.82) is 5.26 Å². The minimum absolute atomic E-state index is 0.432. The maximum absolute atomic E-state index is 13.5. The largest absolute Gasteiger partial charge is 0.593 e. The molecule has 2 aliphatic heterocycles. The van der Waals surface area contributed by atoms with Crippen LogP contribution in [0.1, 0.15) is 30.9 Å². The molecular weight excluding hydrogens is 602 g/mol. The minimum Gasteiger partial charge on any atom is -0.593 e. The molecule has 6 rings (SSSR count). The van der Waals surface area contributed by atoms with E-state index >= 15 is 0 Å². The summed E-state index contributed by atoms with van der Waals surface area (Å²) in [5.74, 6) is 1.55. The molecule has 46 heavy (non-hydrogen) atoms. The molecule has 242 valence electrons. The van der Waals surface area contributed by atoms with Crippen molar-refractivity contribution in [3.8, 4) is 22.9 Å². The quantitative estimate of drug-likeness (QED) is 0.179. The SMILES string of the molecule is CCOc1cc(-c2ccc(N3CCC(COCCN4CCOCC4)(N[S+]([O-])c4ccc(C)cc4)CC3)nc2)c2c(C#N)cnn2c1. The molecule has 2 saturated heterocycles. The number of ether oxygens (including phenoxy) is 3. The number of nitriles is 1. The number of aryl methyl sites for hydroxylation is 1. The van der Waals surface area contributed by atoms with Crippen molar-refractivity contribution in [2.24, 2.45) is 0 Å². The zero-order valence-electron chi connectivity index (χ0n) is 26.5. The smallest absolute Gasteiger partial charge is 0.173 e. The molecule has 0 bridgehead atoms. The van der Waals surface area contributed by atoms with Crippen molar-refractivity contribution < 1.29 is 18.8 Å². The molecule has 5 heterocycles. The highest BCUT2D eigenvalue weighted by molar-refractivity contribution is 7.89. The molecular formula is C34H41N7O4S. The summed E-state index contributed by atoms with van der Waals surface area (Å²) in [5, 5.41) is 14.0. The summed E-state index contributed by atoms with van der Waals surface area (Å²) in [7, 11) is 0. The Morgan fingerprint density at radius 3 is 2.57 bits per heavy atom. The third kappa shape index (κ3) is 7.47. The van der Waals surface area contributed by atoms with E-state index in [1.54, 1.807) is 16.9 Å². The zero-order valence-corrected chi connectivity index (χ0v) is 27.3. The molecule has 2 aliphatic rings. The average Bonchev–Trinajstić information content (AvgIpc) is 3.51. The normalized spacial score (nSPS) is 17.6. The van der Waals surface area contributed by atoms with Crippen LogP contribution in [0.25, 0.3) is 16.6 Å². The first-order chi connectivity index (χ1) is 22.5. The highest BCUT2D eigenvalue weighted by Gasteiger charge is 2.40. The number of pyridine rings is 2. The Kier molecular flexibility index (Phi) is 10.4. The van der Waals surface area contributed by atoms with Crippen LogP contribution in [0.15, 0.2) is 66.0 Å². The van der Waals surface area contributed by atoms with E-state index in [-0.39, 0.29) is 0 Å². The Hall–Kier alpha value is -3.70. The highest BCUT2D eigenvalue weighted by atomic mass is 32.2. The number of morpholine rings is 1. The standard InChI is InChI=1S/C34H41N7O4S/c1-3-45-29-20-31(33-28(21-35)23-37-41(33)24-29)27-6-9-32(36-22-27)40-12-10-34(11-13-40,25-44-19-16-39-14-17-43-18-15-39)38-46(42)30-7-4-26(2)5-8-30/h4-9,20,22-24,38H,3,10-19,25H2,1-2H3. The summed E-state index contributed by atoms with van der Waals surface area (Å²) in [4.78, 5) is 10.2. The topological polar surface area (TPSA) is 123 Å². The second kappa shape index (κ2) is 14.8. The van der Waals surface area contributed by atoms with Crippen LogP contribution < -0.4 is 14.4 Å². The lowest BCUT2D eigenvalue weighted by molar-refractivity contribution is 0.00942. The first-order valence-corrected chi connectivity index (χ1v) is 17.0. The number of nitrogens with zero attached hydrogens (tertiary/aromatic N) is 6. The molecule has 0 saturated carbocycles. The number of piperidine rings is 1. The van der Waals surface area contributed by atoms with Crippen LogP contribution in [0.4, 0.5) is 5.82 Å². The fourth-order valence-corrected chi connectivity index (χ4v) is 7.18. The number of fused-ring (bicyclic) bond motifs is 1. The van der Waals surface area contributed by atoms with Gasteiger partial charge in [-0.05, 0) is 57.0 Å². The second-order valence-electron chi connectivity index (χ2n) is 11.8. The molecule has 1 N–H and O–H groups in total. The number of benzene rings is 1. The van der Waals surface area contributed by atoms with Gasteiger partial charge in [0.2, 0.25) is 0 Å². The monoisotopic (exact) mass is 643 g/mol. The van der Waals surface area contributed by atoms with Crippen molar-refractivity contribution in [2.75, 3.05) is 70.7 Å². The van der Waals surface area contributed by atoms with Gasteiger partial charge < -0.3 is 23.7 Å². The van der Waals surface area contributed by atoms with Crippen LogP contribution in [-0.2, 0) is 20.8 Å². The molecule has 12 heteroatoms. The van der Waals surface area contributed by atoms with Gasteiger partial charge in [0.1, 0.15) is 17.6 Å². The van der Waals surface area contributed by atoms with Gasteiger partial charge in [-0.3, -0.25) is 4.90 Å². The predicted octanol–water partition coefficient (Wildman–Crippen LogP) is 3.98. The van der Waals surface area contributed by atoms with E-state index in [1.165, 1.54) is 0 Å². The van der Waals surface area contributed by atoms with Gasteiger partial charge in [-0.1, -0.05) is 17.7 Å². The molecule has 11 nitrogen and oxygen atoms in total. The van der Waals surface area contributed by atoms with E-state index < -0.39 is 16.9 Å². The summed E-state index contributed by atoms with van der Waals surface area (Å²) in [6.45, 7) is 11.3. The molecule has 0 spiro atoms. The highest BCUT2D eigenvalue weighted by Crippen LogP contribution is 2.33. The fourth-order valence-electron chi connectivity index (χ4n) is 6.02. The predicted molar refractivity (Wildman–Crippen MR) is 177 cm³/mol. The number of hydrogen-bond acceptors (Lipinski definition) is 10. The third-order valence-corrected chi connectivity index (χ3v) is 10.0. The van der Waals surface area contributed by atoms with Crippen molar-refractivity contribution >= 4 is 22.7 Å². The van der Waals surface area contributed by atoms with Gasteiger partial charge in [-0.25, -0.2) is 9.50 Å². The van der Waals surface area contributed by atoms with Crippen LogP contribution in [0.3, 0.4) is 0 Å². The molecule has 1 atom stereocenters. The lowest BCUT2D eigenvalue weighted by Crippen LogP contribution is -2.58. The maximum Gasteiger partial charge on any atom is 0.173 e. The number of aromatic nitrogens is 3. The lowest BCUT2D eigenvalue weighted by Gasteiger charge is -2.41. The van der Waals surface area contributed by atoms with Gasteiger partial charge in [0.25, 0.3) is 0 Å². The Morgan fingerprint density at radius 1 is 1.09 bits per heavy atom. The van der Waals surface area contributed by atoms with Gasteiger partial charge in [0.15, 0.2) is 4.90 Å². The van der Waals surface area contributed by atoms with E-state index in [2.05, 4.69) is 25.7 Å². The van der Waals surface area contributed by atoms with Crippen LogP contribution in [0.5, 0.6) is 5.75 Å². The van der Waals surface area contributed by atoms with Crippen LogP contribution >= 0.6 is 0 Å². The molecule has 4 aromatic rings. The molecule has 2 fully saturated rings. The first-order valence-electron chi connectivity index (χ1n) is 15.9. The average molecular weight is 644 g/mol. The van der Waals surface area contributed by atoms with E-state index in [1.807, 2.05) is 62.5 Å². The third-order valence-electron chi connectivity index (χ3n) is 8.70. The van der Waals surface area contributed by atoms with Gasteiger partial charge in [-0.2, -0.15) is 10.4 Å². The molecule has 1 unspecified atom stereocenters. The van der Waals surface area contributed by atoms with E-state index in [4.69, 9.17) is 19.2 Å². The maximum atomic E-state index is 13.5. The zero-order chi connectivity index (χ0) is 31.9. The fraction of sp³-hybridized carbons (Fsp3) is 0.441. The Morgan fingerprint density at radius 2 is 1.87 bits per heavy atom.